The third-order valence-electron chi connectivity index (χ3n) is 11.6. The Hall–Kier alpha value is -7.30. The molecule has 0 saturated heterocycles. The summed E-state index contributed by atoms with van der Waals surface area (Å²) in [5.74, 6) is 0. The van der Waals surface area contributed by atoms with E-state index in [2.05, 4.69) is 179 Å². The molecule has 0 aliphatic rings. The Bertz CT molecular complexity index is 3390. The van der Waals surface area contributed by atoms with Crippen LogP contribution in [0.15, 0.2) is 179 Å². The average Bonchev–Trinajstić information content (AvgIpc) is 3.95. The van der Waals surface area contributed by atoms with E-state index in [0.717, 1.165) is 66.0 Å². The summed E-state index contributed by atoms with van der Waals surface area (Å²) in [5.41, 5.74) is 10.5. The molecule has 0 N–H and O–H groups in total. The van der Waals surface area contributed by atoms with Gasteiger partial charge in [-0.2, -0.15) is 0 Å². The van der Waals surface area contributed by atoms with Crippen molar-refractivity contribution in [3.05, 3.63) is 170 Å². The highest BCUT2D eigenvalue weighted by atomic mass is 16.3. The lowest BCUT2D eigenvalue weighted by atomic mass is 10.0. The summed E-state index contributed by atoms with van der Waals surface area (Å²) in [4.78, 5) is 0. The third kappa shape index (κ3) is 3.76. The quantitative estimate of drug-likeness (QED) is 0.181. The molecule has 0 radical (unpaired) electrons. The number of hydrogen-bond donors (Lipinski definition) is 0. The molecule has 4 heteroatoms. The summed E-state index contributed by atoms with van der Waals surface area (Å²) >= 11 is 0. The minimum atomic E-state index is 0.827. The SMILES string of the molecule is c1ccc2c(c1)c1ccccc1n2-c1ccc2cc3c(cc2c1)oc1cc2oc4cc5cc(-n6c7ccccc7c7ccccc76)ccc5cc4c2cc13. The fourth-order valence-electron chi connectivity index (χ4n) is 9.19. The molecule has 0 fully saturated rings. The standard InChI is InChI=1S/C50H28N2O2/c1-5-13-43-35(9-1)36-10-2-6-14-44(36)51(43)33-19-17-29-23-39-41-27-42-40-24-30-18-20-34(52-45-15-7-3-11-37(45)38-12-4-8-16-46(38)52)22-32(30)26-48(40)54-50(42)28-49(41)53-47(39)25-31(29)21-33/h1-28H. The molecule has 250 valence electrons. The molecule has 0 aliphatic heterocycles. The third-order valence-corrected chi connectivity index (χ3v) is 11.6. The zero-order chi connectivity index (χ0) is 35.1. The molecular formula is C50H28N2O2. The van der Waals surface area contributed by atoms with Crippen LogP contribution in [0.1, 0.15) is 0 Å². The molecule has 0 saturated carbocycles. The van der Waals surface area contributed by atoms with Gasteiger partial charge in [-0.1, -0.05) is 84.9 Å². The lowest BCUT2D eigenvalue weighted by Crippen LogP contribution is -1.93. The van der Waals surface area contributed by atoms with Crippen LogP contribution in [0.5, 0.6) is 0 Å². The van der Waals surface area contributed by atoms with Crippen LogP contribution in [0.4, 0.5) is 0 Å². The Labute approximate surface area is 307 Å². The second kappa shape index (κ2) is 10.2. The molecule has 0 spiro atoms. The van der Waals surface area contributed by atoms with Gasteiger partial charge in [0.15, 0.2) is 0 Å². The van der Waals surface area contributed by atoms with Crippen molar-refractivity contribution in [2.24, 2.45) is 0 Å². The van der Waals surface area contributed by atoms with E-state index < -0.39 is 0 Å². The van der Waals surface area contributed by atoms with Gasteiger partial charge in [0.1, 0.15) is 22.3 Å². The molecule has 0 amide bonds. The summed E-state index contributed by atoms with van der Waals surface area (Å²) in [6, 6.07) is 61.3. The fraction of sp³-hybridized carbons (Fsp3) is 0. The van der Waals surface area contributed by atoms with Gasteiger partial charge in [0, 0.05) is 60.5 Å². The van der Waals surface area contributed by atoms with E-state index in [0.29, 0.717) is 0 Å². The molecule has 9 aromatic carbocycles. The van der Waals surface area contributed by atoms with Crippen LogP contribution >= 0.6 is 0 Å². The van der Waals surface area contributed by atoms with Crippen molar-refractivity contribution in [1.82, 2.24) is 9.13 Å². The molecule has 4 aromatic heterocycles. The first-order valence-electron chi connectivity index (χ1n) is 18.4. The van der Waals surface area contributed by atoms with Crippen molar-refractivity contribution < 1.29 is 8.83 Å². The van der Waals surface area contributed by atoms with Crippen molar-refractivity contribution in [1.29, 1.82) is 0 Å². The summed E-state index contributed by atoms with van der Waals surface area (Å²) < 4.78 is 17.9. The summed E-state index contributed by atoms with van der Waals surface area (Å²) in [6.07, 6.45) is 0. The van der Waals surface area contributed by atoms with Gasteiger partial charge in [-0.3, -0.25) is 0 Å². The highest BCUT2D eigenvalue weighted by molar-refractivity contribution is 6.19. The Kier molecular flexibility index (Phi) is 5.34. The number of rotatable bonds is 2. The fourth-order valence-corrected chi connectivity index (χ4v) is 9.19. The van der Waals surface area contributed by atoms with E-state index in [4.69, 9.17) is 8.83 Å². The number of aromatic nitrogens is 2. The smallest absolute Gasteiger partial charge is 0.139 e. The van der Waals surface area contributed by atoms with Gasteiger partial charge in [0.05, 0.1) is 22.1 Å². The summed E-state index contributed by atoms with van der Waals surface area (Å²) in [7, 11) is 0. The normalized spacial score (nSPS) is 12.4. The van der Waals surface area contributed by atoms with Gasteiger partial charge in [0.2, 0.25) is 0 Å². The Morgan fingerprint density at radius 1 is 0.259 bits per heavy atom. The van der Waals surface area contributed by atoms with Gasteiger partial charge < -0.3 is 18.0 Å². The van der Waals surface area contributed by atoms with Crippen molar-refractivity contribution >= 4 is 109 Å². The first-order valence-corrected chi connectivity index (χ1v) is 18.4. The minimum absolute atomic E-state index is 0.827. The van der Waals surface area contributed by atoms with Crippen LogP contribution in [0.2, 0.25) is 0 Å². The average molecular weight is 689 g/mol. The van der Waals surface area contributed by atoms with Crippen molar-refractivity contribution in [2.45, 2.75) is 0 Å². The predicted octanol–water partition coefficient (Wildman–Crippen LogP) is 14.0. The van der Waals surface area contributed by atoms with E-state index in [9.17, 15) is 0 Å². The largest absolute Gasteiger partial charge is 0.456 e. The molecular weight excluding hydrogens is 661 g/mol. The van der Waals surface area contributed by atoms with E-state index >= 15 is 0 Å². The monoisotopic (exact) mass is 688 g/mol. The number of fused-ring (bicyclic) bond motifs is 14. The number of hydrogen-bond acceptors (Lipinski definition) is 2. The van der Waals surface area contributed by atoms with Crippen LogP contribution in [0.25, 0.3) is 120 Å². The Morgan fingerprint density at radius 2 is 0.611 bits per heavy atom. The van der Waals surface area contributed by atoms with Crippen LogP contribution in [0.3, 0.4) is 0 Å². The second-order valence-corrected chi connectivity index (χ2v) is 14.5. The zero-order valence-corrected chi connectivity index (χ0v) is 28.9. The summed E-state index contributed by atoms with van der Waals surface area (Å²) in [6.45, 7) is 0. The van der Waals surface area contributed by atoms with E-state index in [1.165, 1.54) is 54.4 Å². The second-order valence-electron chi connectivity index (χ2n) is 14.5. The topological polar surface area (TPSA) is 36.1 Å². The first-order chi connectivity index (χ1) is 26.7. The van der Waals surface area contributed by atoms with Crippen molar-refractivity contribution in [2.75, 3.05) is 0 Å². The Balaban J connectivity index is 0.954. The van der Waals surface area contributed by atoms with Crippen LogP contribution in [-0.2, 0) is 0 Å². The molecule has 0 bridgehead atoms. The maximum absolute atomic E-state index is 6.57. The number of benzene rings is 9. The highest BCUT2D eigenvalue weighted by Crippen LogP contribution is 2.41. The molecule has 4 nitrogen and oxygen atoms in total. The van der Waals surface area contributed by atoms with Gasteiger partial charge in [-0.15, -0.1) is 0 Å². The molecule has 0 atom stereocenters. The first kappa shape index (κ1) is 28.3. The predicted molar refractivity (Wildman–Crippen MR) is 225 cm³/mol. The highest BCUT2D eigenvalue weighted by Gasteiger charge is 2.18. The number of furan rings is 2. The summed E-state index contributed by atoms with van der Waals surface area (Å²) in [5, 5.41) is 14.1. The van der Waals surface area contributed by atoms with E-state index in [1.54, 1.807) is 0 Å². The van der Waals surface area contributed by atoms with Crippen molar-refractivity contribution in [3.8, 4) is 11.4 Å². The lowest BCUT2D eigenvalue weighted by Gasteiger charge is -2.09. The van der Waals surface area contributed by atoms with Crippen LogP contribution < -0.4 is 0 Å². The molecule has 4 heterocycles. The van der Waals surface area contributed by atoms with Gasteiger partial charge in [0.25, 0.3) is 0 Å². The maximum Gasteiger partial charge on any atom is 0.139 e. The maximum atomic E-state index is 6.57. The molecule has 13 aromatic rings. The van der Waals surface area contributed by atoms with Gasteiger partial charge in [-0.25, -0.2) is 0 Å². The lowest BCUT2D eigenvalue weighted by molar-refractivity contribution is 0.656. The van der Waals surface area contributed by atoms with Gasteiger partial charge in [-0.05, 0) is 100 Å². The van der Waals surface area contributed by atoms with E-state index in [-0.39, 0.29) is 0 Å². The Morgan fingerprint density at radius 3 is 1.02 bits per heavy atom. The molecule has 54 heavy (non-hydrogen) atoms. The number of nitrogens with zero attached hydrogens (tertiary/aromatic N) is 2. The molecule has 0 aliphatic carbocycles. The minimum Gasteiger partial charge on any atom is -0.456 e. The number of para-hydroxylation sites is 4. The van der Waals surface area contributed by atoms with Crippen LogP contribution in [-0.4, -0.2) is 9.13 Å². The van der Waals surface area contributed by atoms with Gasteiger partial charge >= 0.3 is 0 Å². The van der Waals surface area contributed by atoms with Crippen molar-refractivity contribution in [3.63, 3.8) is 0 Å². The zero-order valence-electron chi connectivity index (χ0n) is 28.9. The molecule has 13 rings (SSSR count). The van der Waals surface area contributed by atoms with E-state index in [1.807, 2.05) is 0 Å². The van der Waals surface area contributed by atoms with Crippen LogP contribution in [0, 0.1) is 0 Å². The molecule has 0 unspecified atom stereocenters.